The van der Waals surface area contributed by atoms with Crippen molar-refractivity contribution >= 4 is 17.6 Å². The van der Waals surface area contributed by atoms with E-state index < -0.39 is 5.54 Å². The third-order valence-electron chi connectivity index (χ3n) is 4.29. The van der Waals surface area contributed by atoms with E-state index in [4.69, 9.17) is 5.73 Å². The van der Waals surface area contributed by atoms with E-state index in [-0.39, 0.29) is 18.5 Å². The normalized spacial score (nSPS) is 20.7. The van der Waals surface area contributed by atoms with Crippen LogP contribution in [0.4, 0.5) is 10.5 Å². The van der Waals surface area contributed by atoms with Crippen LogP contribution < -0.4 is 11.1 Å². The molecular formula is C18H19N3O2. The average Bonchev–Trinajstić information content (AvgIpc) is 2.83. The van der Waals surface area contributed by atoms with Crippen LogP contribution in [-0.4, -0.2) is 16.8 Å². The second-order valence-corrected chi connectivity index (χ2v) is 5.69. The standard InChI is InChI=1S/C18H19N3O2/c1-2-18(14-6-4-3-5-7-14)16(22)21(17(23)20-18)12-13-8-10-15(19)11-9-13/h3-11H,2,12,19H2,1H3,(H,20,23). The molecule has 0 bridgehead atoms. The summed E-state index contributed by atoms with van der Waals surface area (Å²) in [7, 11) is 0. The maximum absolute atomic E-state index is 13.0. The largest absolute Gasteiger partial charge is 0.399 e. The van der Waals surface area contributed by atoms with E-state index in [1.165, 1.54) is 4.90 Å². The number of anilines is 1. The molecule has 1 unspecified atom stereocenters. The number of carbonyl (C=O) groups excluding carboxylic acids is 2. The zero-order chi connectivity index (χ0) is 16.4. The van der Waals surface area contributed by atoms with Crippen molar-refractivity contribution in [2.24, 2.45) is 0 Å². The van der Waals surface area contributed by atoms with Crippen molar-refractivity contribution in [3.8, 4) is 0 Å². The van der Waals surface area contributed by atoms with Gasteiger partial charge in [0, 0.05) is 5.69 Å². The third-order valence-corrected chi connectivity index (χ3v) is 4.29. The van der Waals surface area contributed by atoms with E-state index in [2.05, 4.69) is 5.32 Å². The monoisotopic (exact) mass is 309 g/mol. The number of rotatable bonds is 4. The minimum absolute atomic E-state index is 0.215. The zero-order valence-corrected chi connectivity index (χ0v) is 13.0. The summed E-state index contributed by atoms with van der Waals surface area (Å²) in [6.07, 6.45) is 0.500. The predicted octanol–water partition coefficient (Wildman–Crippen LogP) is 2.63. The fraction of sp³-hybridized carbons (Fsp3) is 0.222. The first-order valence-electron chi connectivity index (χ1n) is 7.61. The van der Waals surface area contributed by atoms with Crippen molar-refractivity contribution < 1.29 is 9.59 Å². The van der Waals surface area contributed by atoms with E-state index in [0.717, 1.165) is 11.1 Å². The second-order valence-electron chi connectivity index (χ2n) is 5.69. The first-order valence-corrected chi connectivity index (χ1v) is 7.61. The van der Waals surface area contributed by atoms with E-state index in [0.29, 0.717) is 12.1 Å². The van der Waals surface area contributed by atoms with Gasteiger partial charge in [-0.2, -0.15) is 0 Å². The first kappa shape index (κ1) is 15.1. The lowest BCUT2D eigenvalue weighted by Gasteiger charge is -2.25. The summed E-state index contributed by atoms with van der Waals surface area (Å²) in [6, 6.07) is 16.2. The number of imide groups is 1. The van der Waals surface area contributed by atoms with E-state index in [9.17, 15) is 9.59 Å². The number of hydrogen-bond acceptors (Lipinski definition) is 3. The summed E-state index contributed by atoms with van der Waals surface area (Å²) in [5.74, 6) is -0.215. The van der Waals surface area contributed by atoms with Crippen LogP contribution in [-0.2, 0) is 16.9 Å². The number of amides is 3. The van der Waals surface area contributed by atoms with E-state index in [1.54, 1.807) is 12.1 Å². The van der Waals surface area contributed by atoms with Crippen LogP contribution in [0.2, 0.25) is 0 Å². The Bertz CT molecular complexity index is 728. The van der Waals surface area contributed by atoms with Crippen LogP contribution in [0.3, 0.4) is 0 Å². The molecule has 0 aromatic heterocycles. The van der Waals surface area contributed by atoms with Gasteiger partial charge in [-0.15, -0.1) is 0 Å². The summed E-state index contributed by atoms with van der Waals surface area (Å²) in [5, 5.41) is 2.88. The number of nitrogen functional groups attached to an aromatic ring is 1. The summed E-state index contributed by atoms with van der Waals surface area (Å²) in [6.45, 7) is 2.14. The van der Waals surface area contributed by atoms with Crippen molar-refractivity contribution in [1.29, 1.82) is 0 Å². The predicted molar refractivity (Wildman–Crippen MR) is 88.3 cm³/mol. The number of benzene rings is 2. The zero-order valence-electron chi connectivity index (χ0n) is 13.0. The molecule has 5 nitrogen and oxygen atoms in total. The van der Waals surface area contributed by atoms with Gasteiger partial charge in [-0.05, 0) is 29.7 Å². The van der Waals surface area contributed by atoms with Gasteiger partial charge in [-0.25, -0.2) is 4.79 Å². The topological polar surface area (TPSA) is 75.4 Å². The van der Waals surface area contributed by atoms with E-state index >= 15 is 0 Å². The molecule has 0 aliphatic carbocycles. The molecule has 118 valence electrons. The maximum atomic E-state index is 13.0. The molecule has 3 amide bonds. The molecule has 2 aromatic carbocycles. The Morgan fingerprint density at radius 3 is 2.30 bits per heavy atom. The Balaban J connectivity index is 1.91. The number of urea groups is 1. The molecule has 0 radical (unpaired) electrons. The lowest BCUT2D eigenvalue weighted by Crippen LogP contribution is -2.43. The summed E-state index contributed by atoms with van der Waals surface area (Å²) in [5.41, 5.74) is 7.01. The molecule has 1 fully saturated rings. The molecule has 0 spiro atoms. The van der Waals surface area contributed by atoms with Gasteiger partial charge >= 0.3 is 6.03 Å². The van der Waals surface area contributed by atoms with Crippen molar-refractivity contribution in [2.45, 2.75) is 25.4 Å². The maximum Gasteiger partial charge on any atom is 0.325 e. The Hall–Kier alpha value is -2.82. The fourth-order valence-corrected chi connectivity index (χ4v) is 2.94. The summed E-state index contributed by atoms with van der Waals surface area (Å²) < 4.78 is 0. The fourth-order valence-electron chi connectivity index (χ4n) is 2.94. The van der Waals surface area contributed by atoms with Crippen LogP contribution >= 0.6 is 0 Å². The third kappa shape index (κ3) is 2.54. The van der Waals surface area contributed by atoms with Gasteiger partial charge in [0.15, 0.2) is 0 Å². The molecule has 2 aromatic rings. The molecule has 1 aliphatic rings. The van der Waals surface area contributed by atoms with Crippen LogP contribution in [0.1, 0.15) is 24.5 Å². The van der Waals surface area contributed by atoms with Crippen LogP contribution in [0.25, 0.3) is 0 Å². The minimum Gasteiger partial charge on any atom is -0.399 e. The van der Waals surface area contributed by atoms with Crippen molar-refractivity contribution in [1.82, 2.24) is 10.2 Å². The first-order chi connectivity index (χ1) is 11.1. The quantitative estimate of drug-likeness (QED) is 0.673. The van der Waals surface area contributed by atoms with Gasteiger partial charge in [0.25, 0.3) is 5.91 Å². The van der Waals surface area contributed by atoms with Gasteiger partial charge in [0.2, 0.25) is 0 Å². The van der Waals surface area contributed by atoms with Crippen LogP contribution in [0.15, 0.2) is 54.6 Å². The number of nitrogens with one attached hydrogen (secondary N) is 1. The van der Waals surface area contributed by atoms with Gasteiger partial charge < -0.3 is 11.1 Å². The highest BCUT2D eigenvalue weighted by atomic mass is 16.2. The highest BCUT2D eigenvalue weighted by Gasteiger charge is 2.50. The highest BCUT2D eigenvalue weighted by molar-refractivity contribution is 6.07. The molecule has 3 rings (SSSR count). The van der Waals surface area contributed by atoms with Crippen molar-refractivity contribution in [3.05, 3.63) is 65.7 Å². The van der Waals surface area contributed by atoms with Gasteiger partial charge in [0.1, 0.15) is 5.54 Å². The summed E-state index contributed by atoms with van der Waals surface area (Å²) in [4.78, 5) is 26.6. The smallest absolute Gasteiger partial charge is 0.325 e. The number of carbonyl (C=O) groups is 2. The number of nitrogens with zero attached hydrogens (tertiary/aromatic N) is 1. The SMILES string of the molecule is CCC1(c2ccccc2)NC(=O)N(Cc2ccc(N)cc2)C1=O. The number of nitrogens with two attached hydrogens (primary N) is 1. The minimum atomic E-state index is -0.980. The van der Waals surface area contributed by atoms with Crippen molar-refractivity contribution in [2.75, 3.05) is 5.73 Å². The second kappa shape index (κ2) is 5.76. The Morgan fingerprint density at radius 2 is 1.70 bits per heavy atom. The van der Waals surface area contributed by atoms with Crippen LogP contribution in [0.5, 0.6) is 0 Å². The average molecular weight is 309 g/mol. The molecule has 1 aliphatic heterocycles. The van der Waals surface area contributed by atoms with Gasteiger partial charge in [0.05, 0.1) is 6.54 Å². The Kier molecular flexibility index (Phi) is 3.78. The van der Waals surface area contributed by atoms with Gasteiger partial charge in [-0.3, -0.25) is 9.69 Å². The molecule has 5 heteroatoms. The lowest BCUT2D eigenvalue weighted by molar-refractivity contribution is -0.132. The molecular weight excluding hydrogens is 290 g/mol. The Labute approximate surface area is 135 Å². The highest BCUT2D eigenvalue weighted by Crippen LogP contribution is 2.33. The van der Waals surface area contributed by atoms with Crippen LogP contribution in [0, 0.1) is 0 Å². The Morgan fingerprint density at radius 1 is 1.04 bits per heavy atom. The molecule has 0 saturated carbocycles. The summed E-state index contributed by atoms with van der Waals surface area (Å²) >= 11 is 0. The van der Waals surface area contributed by atoms with Crippen molar-refractivity contribution in [3.63, 3.8) is 0 Å². The molecule has 23 heavy (non-hydrogen) atoms. The van der Waals surface area contributed by atoms with Gasteiger partial charge in [-0.1, -0.05) is 49.4 Å². The number of hydrogen-bond donors (Lipinski definition) is 2. The molecule has 1 heterocycles. The van der Waals surface area contributed by atoms with E-state index in [1.807, 2.05) is 49.4 Å². The molecule has 1 saturated heterocycles. The lowest BCUT2D eigenvalue weighted by atomic mass is 9.87. The molecule has 3 N–H and O–H groups in total. The molecule has 1 atom stereocenters.